The lowest BCUT2D eigenvalue weighted by Gasteiger charge is -2.07. The van der Waals surface area contributed by atoms with E-state index in [1.54, 1.807) is 24.3 Å². The van der Waals surface area contributed by atoms with Crippen LogP contribution in [0.2, 0.25) is 0 Å². The molecule has 0 radical (unpaired) electrons. The zero-order valence-electron chi connectivity index (χ0n) is 10.2. The number of halogens is 1. The first-order valence-electron chi connectivity index (χ1n) is 5.72. The SMILES string of the molecule is NC(=O)c1ccc(OCc2cccc(CBr)n2)cc1. The van der Waals surface area contributed by atoms with Crippen LogP contribution in [0.1, 0.15) is 21.7 Å². The highest BCUT2D eigenvalue weighted by atomic mass is 79.9. The molecule has 0 aliphatic rings. The van der Waals surface area contributed by atoms with Crippen LogP contribution >= 0.6 is 15.9 Å². The Morgan fingerprint density at radius 1 is 1.16 bits per heavy atom. The van der Waals surface area contributed by atoms with Crippen molar-refractivity contribution < 1.29 is 9.53 Å². The first-order valence-corrected chi connectivity index (χ1v) is 6.84. The summed E-state index contributed by atoms with van der Waals surface area (Å²) in [5, 5.41) is 0.716. The molecule has 19 heavy (non-hydrogen) atoms. The zero-order chi connectivity index (χ0) is 13.7. The minimum atomic E-state index is -0.446. The number of hydrogen-bond acceptors (Lipinski definition) is 3. The minimum absolute atomic E-state index is 0.386. The van der Waals surface area contributed by atoms with Gasteiger partial charge in [0.2, 0.25) is 5.91 Å². The van der Waals surface area contributed by atoms with Gasteiger partial charge in [-0.1, -0.05) is 22.0 Å². The Bertz CT molecular complexity index is 570. The summed E-state index contributed by atoms with van der Waals surface area (Å²) in [6.07, 6.45) is 0. The number of nitrogens with zero attached hydrogens (tertiary/aromatic N) is 1. The van der Waals surface area contributed by atoms with Crippen LogP contribution in [0.3, 0.4) is 0 Å². The van der Waals surface area contributed by atoms with E-state index in [9.17, 15) is 4.79 Å². The average Bonchev–Trinajstić information content (AvgIpc) is 2.46. The van der Waals surface area contributed by atoms with Crippen LogP contribution < -0.4 is 10.5 Å². The zero-order valence-corrected chi connectivity index (χ0v) is 11.8. The fourth-order valence-electron chi connectivity index (χ4n) is 1.56. The molecule has 0 unspecified atom stereocenters. The summed E-state index contributed by atoms with van der Waals surface area (Å²) in [7, 11) is 0. The van der Waals surface area contributed by atoms with Gasteiger partial charge in [-0.05, 0) is 36.4 Å². The molecular formula is C14H13BrN2O2. The Morgan fingerprint density at radius 3 is 2.47 bits per heavy atom. The van der Waals surface area contributed by atoms with Crippen molar-refractivity contribution in [3.8, 4) is 5.75 Å². The fraction of sp³-hybridized carbons (Fsp3) is 0.143. The van der Waals surface area contributed by atoms with Gasteiger partial charge >= 0.3 is 0 Å². The predicted octanol–water partition coefficient (Wildman–Crippen LogP) is 2.65. The molecule has 4 nitrogen and oxygen atoms in total. The van der Waals surface area contributed by atoms with E-state index in [1.807, 2.05) is 18.2 Å². The third-order valence-corrected chi connectivity index (χ3v) is 3.10. The van der Waals surface area contributed by atoms with E-state index in [0.29, 0.717) is 23.2 Å². The molecule has 2 N–H and O–H groups in total. The first kappa shape index (κ1) is 13.5. The quantitative estimate of drug-likeness (QED) is 0.861. The number of alkyl halides is 1. The molecule has 1 aromatic carbocycles. The van der Waals surface area contributed by atoms with Gasteiger partial charge in [-0.25, -0.2) is 0 Å². The summed E-state index contributed by atoms with van der Waals surface area (Å²) in [6.45, 7) is 0.386. The van der Waals surface area contributed by atoms with Gasteiger partial charge in [0.1, 0.15) is 12.4 Å². The van der Waals surface area contributed by atoms with Crippen LogP contribution in [0.4, 0.5) is 0 Å². The number of benzene rings is 1. The monoisotopic (exact) mass is 320 g/mol. The Morgan fingerprint density at radius 2 is 1.84 bits per heavy atom. The highest BCUT2D eigenvalue weighted by Crippen LogP contribution is 2.14. The summed E-state index contributed by atoms with van der Waals surface area (Å²) in [6, 6.07) is 12.5. The fourth-order valence-corrected chi connectivity index (χ4v) is 1.87. The number of carbonyl (C=O) groups is 1. The lowest BCUT2D eigenvalue weighted by atomic mass is 10.2. The summed E-state index contributed by atoms with van der Waals surface area (Å²) in [4.78, 5) is 15.3. The highest BCUT2D eigenvalue weighted by Gasteiger charge is 2.02. The van der Waals surface area contributed by atoms with Gasteiger partial charge in [-0.3, -0.25) is 9.78 Å². The van der Waals surface area contributed by atoms with E-state index in [4.69, 9.17) is 10.5 Å². The largest absolute Gasteiger partial charge is 0.487 e. The van der Waals surface area contributed by atoms with E-state index in [2.05, 4.69) is 20.9 Å². The number of carbonyl (C=O) groups excluding carboxylic acids is 1. The number of hydrogen-bond donors (Lipinski definition) is 1. The van der Waals surface area contributed by atoms with Crippen LogP contribution in [-0.2, 0) is 11.9 Å². The molecule has 5 heteroatoms. The third kappa shape index (κ3) is 3.79. The Kier molecular flexibility index (Phi) is 4.52. The number of ether oxygens (including phenoxy) is 1. The Labute approximate surface area is 119 Å². The van der Waals surface area contributed by atoms with E-state index in [-0.39, 0.29) is 0 Å². The van der Waals surface area contributed by atoms with Gasteiger partial charge in [-0.15, -0.1) is 0 Å². The van der Waals surface area contributed by atoms with Gasteiger partial charge in [0, 0.05) is 10.9 Å². The van der Waals surface area contributed by atoms with Crippen molar-refractivity contribution in [3.63, 3.8) is 0 Å². The smallest absolute Gasteiger partial charge is 0.248 e. The summed E-state index contributed by atoms with van der Waals surface area (Å²) in [5.41, 5.74) is 7.45. The van der Waals surface area contributed by atoms with Gasteiger partial charge in [0.25, 0.3) is 0 Å². The number of primary amides is 1. The lowest BCUT2D eigenvalue weighted by Crippen LogP contribution is -2.10. The summed E-state index contributed by atoms with van der Waals surface area (Å²) in [5.74, 6) is 0.231. The average molecular weight is 321 g/mol. The summed E-state index contributed by atoms with van der Waals surface area (Å²) < 4.78 is 5.60. The van der Waals surface area contributed by atoms with E-state index >= 15 is 0 Å². The molecule has 2 aromatic rings. The van der Waals surface area contributed by atoms with Gasteiger partial charge in [0.15, 0.2) is 0 Å². The minimum Gasteiger partial charge on any atom is -0.487 e. The van der Waals surface area contributed by atoms with Crippen LogP contribution in [0, 0.1) is 0 Å². The van der Waals surface area contributed by atoms with Crippen LogP contribution in [0.15, 0.2) is 42.5 Å². The molecule has 0 aliphatic carbocycles. The molecule has 0 saturated heterocycles. The van der Waals surface area contributed by atoms with Crippen molar-refractivity contribution in [1.29, 1.82) is 0 Å². The summed E-state index contributed by atoms with van der Waals surface area (Å²) >= 11 is 3.36. The maximum Gasteiger partial charge on any atom is 0.248 e. The van der Waals surface area contributed by atoms with Crippen LogP contribution in [-0.4, -0.2) is 10.9 Å². The highest BCUT2D eigenvalue weighted by molar-refractivity contribution is 9.08. The molecule has 1 amide bonds. The second-order valence-corrected chi connectivity index (χ2v) is 4.49. The number of amides is 1. The number of pyridine rings is 1. The van der Waals surface area contributed by atoms with Crippen molar-refractivity contribution in [2.75, 3.05) is 0 Å². The standard InChI is InChI=1S/C14H13BrN2O2/c15-8-11-2-1-3-12(17-11)9-19-13-6-4-10(5-7-13)14(16)18/h1-7H,8-9H2,(H2,16,18). The molecular weight excluding hydrogens is 308 g/mol. The van der Waals surface area contributed by atoms with Crippen molar-refractivity contribution >= 4 is 21.8 Å². The molecule has 0 saturated carbocycles. The molecule has 0 bridgehead atoms. The molecule has 0 aliphatic heterocycles. The van der Waals surface area contributed by atoms with Crippen molar-refractivity contribution in [1.82, 2.24) is 4.98 Å². The van der Waals surface area contributed by atoms with E-state index in [1.165, 1.54) is 0 Å². The van der Waals surface area contributed by atoms with Crippen LogP contribution in [0.25, 0.3) is 0 Å². The second-order valence-electron chi connectivity index (χ2n) is 3.93. The van der Waals surface area contributed by atoms with Crippen molar-refractivity contribution in [2.24, 2.45) is 5.73 Å². The third-order valence-electron chi connectivity index (χ3n) is 2.53. The molecule has 0 fully saturated rings. The molecule has 0 atom stereocenters. The first-order chi connectivity index (χ1) is 9.19. The van der Waals surface area contributed by atoms with Gasteiger partial charge in [-0.2, -0.15) is 0 Å². The van der Waals surface area contributed by atoms with Gasteiger partial charge in [0.05, 0.1) is 11.4 Å². The molecule has 0 spiro atoms. The van der Waals surface area contributed by atoms with Gasteiger partial charge < -0.3 is 10.5 Å². The maximum absolute atomic E-state index is 10.9. The Hall–Kier alpha value is -1.88. The topological polar surface area (TPSA) is 65.2 Å². The van der Waals surface area contributed by atoms with Crippen molar-refractivity contribution in [3.05, 3.63) is 59.4 Å². The normalized spacial score (nSPS) is 10.2. The number of rotatable bonds is 5. The molecule has 2 rings (SSSR count). The van der Waals surface area contributed by atoms with E-state index in [0.717, 1.165) is 11.4 Å². The molecule has 98 valence electrons. The van der Waals surface area contributed by atoms with Crippen molar-refractivity contribution in [2.45, 2.75) is 11.9 Å². The maximum atomic E-state index is 10.9. The molecule has 1 heterocycles. The van der Waals surface area contributed by atoms with E-state index < -0.39 is 5.91 Å². The van der Waals surface area contributed by atoms with Crippen LogP contribution in [0.5, 0.6) is 5.75 Å². The second kappa shape index (κ2) is 6.33. The number of aromatic nitrogens is 1. The Balaban J connectivity index is 1.99. The molecule has 1 aromatic heterocycles. The number of nitrogens with two attached hydrogens (primary N) is 1. The lowest BCUT2D eigenvalue weighted by molar-refractivity contribution is 0.100. The predicted molar refractivity (Wildman–Crippen MR) is 76.2 cm³/mol.